The third-order valence-electron chi connectivity index (χ3n) is 3.30. The topological polar surface area (TPSA) is 20.2 Å². The monoisotopic (exact) mass is 254 g/mol. The smallest absolute Gasteiger partial charge is 0.0904 e. The summed E-state index contributed by atoms with van der Waals surface area (Å²) < 4.78 is 0. The van der Waals surface area contributed by atoms with E-state index in [2.05, 4.69) is 18.7 Å². The summed E-state index contributed by atoms with van der Waals surface area (Å²) >= 11 is 1.67. The summed E-state index contributed by atoms with van der Waals surface area (Å²) in [6.45, 7) is 4.10. The third-order valence-corrected chi connectivity index (χ3v) is 4.41. The number of thioether (sulfide) groups is 1. The van der Waals surface area contributed by atoms with Crippen molar-refractivity contribution in [2.45, 2.75) is 16.9 Å². The number of rotatable bonds is 2. The van der Waals surface area contributed by atoms with E-state index in [-0.39, 0.29) is 5.92 Å². The van der Waals surface area contributed by atoms with Crippen LogP contribution in [0.4, 0.5) is 0 Å². The van der Waals surface area contributed by atoms with E-state index in [9.17, 15) is 5.11 Å². The molecule has 0 amide bonds. The first-order chi connectivity index (χ1) is 8.77. The molecule has 0 fully saturated rings. The van der Waals surface area contributed by atoms with Crippen LogP contribution in [0.3, 0.4) is 0 Å². The van der Waals surface area contributed by atoms with Crippen LogP contribution in [0, 0.1) is 0 Å². The molecule has 0 bridgehead atoms. The molecule has 0 unspecified atom stereocenters. The van der Waals surface area contributed by atoms with E-state index in [0.717, 1.165) is 10.5 Å². The van der Waals surface area contributed by atoms with Crippen LogP contribution in [0.1, 0.15) is 23.1 Å². The Labute approximate surface area is 111 Å². The standard InChI is InChI=1S/C16H14OS/c1-11-15(13-9-5-6-10-14(13)18-11)16(17)12-7-3-2-4-8-12/h2-10,15-17H,1H2/t15-,16-/m1/s1. The number of fused-ring (bicyclic) bond motifs is 1. The summed E-state index contributed by atoms with van der Waals surface area (Å²) in [5.41, 5.74) is 2.13. The van der Waals surface area contributed by atoms with E-state index in [1.54, 1.807) is 11.8 Å². The molecule has 0 saturated heterocycles. The summed E-state index contributed by atoms with van der Waals surface area (Å²) in [6.07, 6.45) is -0.519. The van der Waals surface area contributed by atoms with Crippen LogP contribution in [0.2, 0.25) is 0 Å². The van der Waals surface area contributed by atoms with E-state index in [1.807, 2.05) is 42.5 Å². The van der Waals surface area contributed by atoms with Crippen molar-refractivity contribution in [2.24, 2.45) is 0 Å². The zero-order chi connectivity index (χ0) is 12.5. The molecule has 1 nitrogen and oxygen atoms in total. The van der Waals surface area contributed by atoms with Crippen LogP contribution in [-0.2, 0) is 0 Å². The Morgan fingerprint density at radius 2 is 1.67 bits per heavy atom. The molecule has 2 aromatic carbocycles. The molecular weight excluding hydrogens is 240 g/mol. The minimum atomic E-state index is -0.519. The Kier molecular flexibility index (Phi) is 2.98. The molecule has 1 N–H and O–H groups in total. The molecule has 1 aliphatic rings. The van der Waals surface area contributed by atoms with Crippen molar-refractivity contribution in [1.82, 2.24) is 0 Å². The average molecular weight is 254 g/mol. The van der Waals surface area contributed by atoms with E-state index in [0.29, 0.717) is 0 Å². The van der Waals surface area contributed by atoms with Crippen LogP contribution in [0.5, 0.6) is 0 Å². The van der Waals surface area contributed by atoms with E-state index >= 15 is 0 Å². The predicted molar refractivity (Wildman–Crippen MR) is 75.6 cm³/mol. The number of aliphatic hydroxyl groups is 1. The van der Waals surface area contributed by atoms with Crippen LogP contribution >= 0.6 is 11.8 Å². The van der Waals surface area contributed by atoms with E-state index in [4.69, 9.17) is 0 Å². The van der Waals surface area contributed by atoms with Crippen LogP contribution < -0.4 is 0 Å². The first kappa shape index (κ1) is 11.6. The Morgan fingerprint density at radius 3 is 2.44 bits per heavy atom. The lowest BCUT2D eigenvalue weighted by molar-refractivity contribution is 0.161. The minimum Gasteiger partial charge on any atom is -0.387 e. The van der Waals surface area contributed by atoms with Gasteiger partial charge in [-0.1, -0.05) is 66.9 Å². The molecule has 3 rings (SSSR count). The van der Waals surface area contributed by atoms with Gasteiger partial charge in [0.15, 0.2) is 0 Å². The van der Waals surface area contributed by atoms with Crippen molar-refractivity contribution in [3.63, 3.8) is 0 Å². The van der Waals surface area contributed by atoms with Crippen LogP contribution in [-0.4, -0.2) is 5.11 Å². The lowest BCUT2D eigenvalue weighted by Crippen LogP contribution is -2.09. The second kappa shape index (κ2) is 4.63. The Morgan fingerprint density at radius 1 is 1.00 bits per heavy atom. The maximum Gasteiger partial charge on any atom is 0.0904 e. The molecule has 0 radical (unpaired) electrons. The van der Waals surface area contributed by atoms with Gasteiger partial charge < -0.3 is 5.11 Å². The minimum absolute atomic E-state index is 0.00593. The third kappa shape index (κ3) is 1.88. The summed E-state index contributed by atoms with van der Waals surface area (Å²) in [4.78, 5) is 2.23. The average Bonchev–Trinajstić information content (AvgIpc) is 2.75. The molecule has 1 aliphatic heterocycles. The molecule has 18 heavy (non-hydrogen) atoms. The number of benzene rings is 2. The highest BCUT2D eigenvalue weighted by Gasteiger charge is 2.32. The Balaban J connectivity index is 2.00. The quantitative estimate of drug-likeness (QED) is 0.869. The highest BCUT2D eigenvalue weighted by Crippen LogP contribution is 2.52. The van der Waals surface area contributed by atoms with Gasteiger partial charge in [0.2, 0.25) is 0 Å². The molecule has 0 spiro atoms. The normalized spacial score (nSPS) is 19.6. The second-order valence-corrected chi connectivity index (χ2v) is 5.61. The van der Waals surface area contributed by atoms with Crippen molar-refractivity contribution in [3.05, 3.63) is 77.2 Å². The maximum absolute atomic E-state index is 10.6. The van der Waals surface area contributed by atoms with Crippen molar-refractivity contribution in [2.75, 3.05) is 0 Å². The zero-order valence-electron chi connectivity index (χ0n) is 9.91. The van der Waals surface area contributed by atoms with Crippen molar-refractivity contribution in [1.29, 1.82) is 0 Å². The van der Waals surface area contributed by atoms with Crippen molar-refractivity contribution < 1.29 is 5.11 Å². The van der Waals surface area contributed by atoms with Gasteiger partial charge in [0.1, 0.15) is 0 Å². The molecule has 0 aliphatic carbocycles. The molecule has 2 aromatic rings. The van der Waals surface area contributed by atoms with Gasteiger partial charge in [-0.2, -0.15) is 0 Å². The first-order valence-corrected chi connectivity index (χ1v) is 6.77. The van der Waals surface area contributed by atoms with E-state index < -0.39 is 6.10 Å². The lowest BCUT2D eigenvalue weighted by atomic mass is 9.89. The van der Waals surface area contributed by atoms with Gasteiger partial charge in [0.25, 0.3) is 0 Å². The van der Waals surface area contributed by atoms with Crippen molar-refractivity contribution >= 4 is 11.8 Å². The number of hydrogen-bond acceptors (Lipinski definition) is 2. The van der Waals surface area contributed by atoms with E-state index in [1.165, 1.54) is 10.5 Å². The molecule has 0 saturated carbocycles. The number of hydrogen-bond donors (Lipinski definition) is 1. The lowest BCUT2D eigenvalue weighted by Gasteiger charge is -2.20. The fourth-order valence-corrected chi connectivity index (χ4v) is 3.52. The molecule has 2 atom stereocenters. The van der Waals surface area contributed by atoms with Gasteiger partial charge in [-0.15, -0.1) is 0 Å². The van der Waals surface area contributed by atoms with Crippen LogP contribution in [0.25, 0.3) is 0 Å². The van der Waals surface area contributed by atoms with Gasteiger partial charge in [0.05, 0.1) is 6.10 Å². The second-order valence-electron chi connectivity index (χ2n) is 4.44. The van der Waals surface area contributed by atoms with Gasteiger partial charge in [-0.25, -0.2) is 0 Å². The first-order valence-electron chi connectivity index (χ1n) is 5.96. The predicted octanol–water partition coefficient (Wildman–Crippen LogP) is 4.12. The number of aliphatic hydroxyl groups excluding tert-OH is 1. The summed E-state index contributed by atoms with van der Waals surface area (Å²) in [7, 11) is 0. The van der Waals surface area contributed by atoms with Gasteiger partial charge in [0, 0.05) is 10.8 Å². The molecule has 1 heterocycles. The molecule has 90 valence electrons. The molecule has 2 heteroatoms. The zero-order valence-corrected chi connectivity index (χ0v) is 10.7. The van der Waals surface area contributed by atoms with Gasteiger partial charge in [-0.05, 0) is 22.1 Å². The fraction of sp³-hybridized carbons (Fsp3) is 0.125. The fourth-order valence-electron chi connectivity index (χ4n) is 2.40. The Bertz CT molecular complexity index is 577. The maximum atomic E-state index is 10.6. The van der Waals surface area contributed by atoms with Crippen molar-refractivity contribution in [3.8, 4) is 0 Å². The van der Waals surface area contributed by atoms with Gasteiger partial charge in [-0.3, -0.25) is 0 Å². The summed E-state index contributed by atoms with van der Waals surface area (Å²) in [5, 5.41) is 10.6. The largest absolute Gasteiger partial charge is 0.387 e. The molecule has 0 aromatic heterocycles. The van der Waals surface area contributed by atoms with Crippen LogP contribution in [0.15, 0.2) is 71.0 Å². The molecular formula is C16H14OS. The summed E-state index contributed by atoms with van der Waals surface area (Å²) in [6, 6.07) is 18.0. The van der Waals surface area contributed by atoms with Gasteiger partial charge >= 0.3 is 0 Å². The SMILES string of the molecule is C=C1Sc2ccccc2[C@@H]1[C@H](O)c1ccccc1. The summed E-state index contributed by atoms with van der Waals surface area (Å²) in [5.74, 6) is -0.00593. The Hall–Kier alpha value is -1.51. The highest BCUT2D eigenvalue weighted by atomic mass is 32.2. The highest BCUT2D eigenvalue weighted by molar-refractivity contribution is 8.03.